The second kappa shape index (κ2) is 4.09. The molecule has 0 saturated carbocycles. The highest BCUT2D eigenvalue weighted by Crippen LogP contribution is 2.19. The number of hydrogen-bond donors (Lipinski definition) is 0. The summed E-state index contributed by atoms with van der Waals surface area (Å²) in [4.78, 5) is 11.8. The lowest BCUT2D eigenvalue weighted by molar-refractivity contribution is 0.104. The van der Waals surface area contributed by atoms with Crippen molar-refractivity contribution in [2.75, 3.05) is 0 Å². The van der Waals surface area contributed by atoms with Crippen molar-refractivity contribution in [3.8, 4) is 0 Å². The van der Waals surface area contributed by atoms with Gasteiger partial charge in [0.15, 0.2) is 5.78 Å². The molecule has 0 aliphatic heterocycles. The smallest absolute Gasteiger partial charge is 0.186 e. The Kier molecular flexibility index (Phi) is 2.64. The highest BCUT2D eigenvalue weighted by Gasteiger charge is 2.05. The quantitative estimate of drug-likeness (QED) is 0.529. The molecule has 0 atom stereocenters. The SMILES string of the molecule is CC=CC(=O)c1cccc2ccccc12. The van der Waals surface area contributed by atoms with Crippen molar-refractivity contribution < 1.29 is 4.79 Å². The van der Waals surface area contributed by atoms with Crippen molar-refractivity contribution in [1.82, 2.24) is 0 Å². The third-order valence-electron chi connectivity index (χ3n) is 2.37. The molecule has 1 nitrogen and oxygen atoms in total. The van der Waals surface area contributed by atoms with E-state index < -0.39 is 0 Å². The molecule has 0 bridgehead atoms. The molecule has 0 saturated heterocycles. The number of benzene rings is 2. The molecule has 2 aromatic rings. The molecule has 0 aliphatic carbocycles. The first-order valence-electron chi connectivity index (χ1n) is 4.97. The molecule has 0 heterocycles. The van der Waals surface area contributed by atoms with Gasteiger partial charge in [-0.15, -0.1) is 0 Å². The summed E-state index contributed by atoms with van der Waals surface area (Å²) in [6, 6.07) is 13.7. The molecule has 0 fully saturated rings. The fourth-order valence-corrected chi connectivity index (χ4v) is 1.68. The molecule has 0 aliphatic rings. The monoisotopic (exact) mass is 196 g/mol. The molecular formula is C14H12O. The van der Waals surface area contributed by atoms with Crippen LogP contribution in [0, 0.1) is 0 Å². The summed E-state index contributed by atoms with van der Waals surface area (Å²) < 4.78 is 0. The van der Waals surface area contributed by atoms with Crippen LogP contribution in [0.4, 0.5) is 0 Å². The zero-order chi connectivity index (χ0) is 10.7. The van der Waals surface area contributed by atoms with Gasteiger partial charge in [-0.1, -0.05) is 48.5 Å². The van der Waals surface area contributed by atoms with Gasteiger partial charge in [0, 0.05) is 5.56 Å². The van der Waals surface area contributed by atoms with E-state index in [1.54, 1.807) is 12.2 Å². The van der Waals surface area contributed by atoms with Gasteiger partial charge in [-0.05, 0) is 23.8 Å². The van der Waals surface area contributed by atoms with Crippen molar-refractivity contribution in [3.63, 3.8) is 0 Å². The molecule has 74 valence electrons. The van der Waals surface area contributed by atoms with Crippen LogP contribution in [0.25, 0.3) is 10.8 Å². The molecule has 1 heteroatoms. The van der Waals surface area contributed by atoms with Gasteiger partial charge < -0.3 is 0 Å². The van der Waals surface area contributed by atoms with E-state index in [0.717, 1.165) is 16.3 Å². The van der Waals surface area contributed by atoms with Gasteiger partial charge in [0.05, 0.1) is 0 Å². The Balaban J connectivity index is 2.65. The zero-order valence-corrected chi connectivity index (χ0v) is 8.60. The van der Waals surface area contributed by atoms with E-state index in [1.807, 2.05) is 49.4 Å². The van der Waals surface area contributed by atoms with Gasteiger partial charge in [-0.3, -0.25) is 4.79 Å². The molecular weight excluding hydrogens is 184 g/mol. The lowest BCUT2D eigenvalue weighted by Gasteiger charge is -2.02. The molecule has 0 amide bonds. The maximum Gasteiger partial charge on any atom is 0.186 e. The molecule has 15 heavy (non-hydrogen) atoms. The van der Waals surface area contributed by atoms with Crippen LogP contribution in [0.2, 0.25) is 0 Å². The highest BCUT2D eigenvalue weighted by atomic mass is 16.1. The normalized spacial score (nSPS) is 11.0. The average molecular weight is 196 g/mol. The standard InChI is InChI=1S/C14H12O/c1-2-6-14(15)13-10-5-8-11-7-3-4-9-12(11)13/h2-10H,1H3. The number of hydrogen-bond acceptors (Lipinski definition) is 1. The number of carbonyl (C=O) groups excluding carboxylic acids is 1. The van der Waals surface area contributed by atoms with Gasteiger partial charge in [0.25, 0.3) is 0 Å². The van der Waals surface area contributed by atoms with Crippen molar-refractivity contribution in [3.05, 3.63) is 60.2 Å². The van der Waals surface area contributed by atoms with E-state index in [9.17, 15) is 4.79 Å². The van der Waals surface area contributed by atoms with E-state index in [1.165, 1.54) is 0 Å². The van der Waals surface area contributed by atoms with Crippen molar-refractivity contribution >= 4 is 16.6 Å². The maximum atomic E-state index is 11.8. The fourth-order valence-electron chi connectivity index (χ4n) is 1.68. The second-order valence-corrected chi connectivity index (χ2v) is 3.39. The van der Waals surface area contributed by atoms with Gasteiger partial charge in [0.1, 0.15) is 0 Å². The van der Waals surface area contributed by atoms with Gasteiger partial charge >= 0.3 is 0 Å². The first-order valence-corrected chi connectivity index (χ1v) is 4.97. The second-order valence-electron chi connectivity index (χ2n) is 3.39. The van der Waals surface area contributed by atoms with Crippen LogP contribution < -0.4 is 0 Å². The van der Waals surface area contributed by atoms with E-state index >= 15 is 0 Å². The van der Waals surface area contributed by atoms with Crippen LogP contribution in [-0.2, 0) is 0 Å². The number of allylic oxidation sites excluding steroid dienone is 2. The Morgan fingerprint density at radius 2 is 1.80 bits per heavy atom. The molecule has 0 unspecified atom stereocenters. The van der Waals surface area contributed by atoms with Crippen LogP contribution in [-0.4, -0.2) is 5.78 Å². The van der Waals surface area contributed by atoms with Crippen LogP contribution in [0.1, 0.15) is 17.3 Å². The number of ketones is 1. The Labute approximate surface area is 89.0 Å². The Morgan fingerprint density at radius 1 is 1.07 bits per heavy atom. The lowest BCUT2D eigenvalue weighted by atomic mass is 10.0. The summed E-state index contributed by atoms with van der Waals surface area (Å²) in [5, 5.41) is 2.12. The summed E-state index contributed by atoms with van der Waals surface area (Å²) >= 11 is 0. The van der Waals surface area contributed by atoms with Crippen LogP contribution in [0.5, 0.6) is 0 Å². The summed E-state index contributed by atoms with van der Waals surface area (Å²) in [5.74, 6) is 0.0642. The Bertz CT molecular complexity index is 518. The predicted octanol–water partition coefficient (Wildman–Crippen LogP) is 3.60. The van der Waals surface area contributed by atoms with Gasteiger partial charge in [-0.25, -0.2) is 0 Å². The summed E-state index contributed by atoms with van der Waals surface area (Å²) in [5.41, 5.74) is 0.770. The molecule has 0 N–H and O–H groups in total. The molecule has 2 rings (SSSR count). The third kappa shape index (κ3) is 1.82. The Morgan fingerprint density at radius 3 is 2.60 bits per heavy atom. The molecule has 0 aromatic heterocycles. The molecule has 0 spiro atoms. The van der Waals surface area contributed by atoms with E-state index in [-0.39, 0.29) is 5.78 Å². The molecule has 2 aromatic carbocycles. The number of rotatable bonds is 2. The minimum absolute atomic E-state index is 0.0642. The molecule has 0 radical (unpaired) electrons. The maximum absolute atomic E-state index is 11.8. The lowest BCUT2D eigenvalue weighted by Crippen LogP contribution is -1.94. The first-order chi connectivity index (χ1) is 7.33. The van der Waals surface area contributed by atoms with Crippen LogP contribution in [0.15, 0.2) is 54.6 Å². The number of carbonyl (C=O) groups is 1. The van der Waals surface area contributed by atoms with Crippen LogP contribution in [0.3, 0.4) is 0 Å². The first kappa shape index (κ1) is 9.66. The van der Waals surface area contributed by atoms with Crippen molar-refractivity contribution in [2.24, 2.45) is 0 Å². The third-order valence-corrected chi connectivity index (χ3v) is 2.37. The predicted molar refractivity (Wildman–Crippen MR) is 63.1 cm³/mol. The average Bonchev–Trinajstić information content (AvgIpc) is 2.28. The highest BCUT2D eigenvalue weighted by molar-refractivity contribution is 6.13. The van der Waals surface area contributed by atoms with Gasteiger partial charge in [0.2, 0.25) is 0 Å². The summed E-state index contributed by atoms with van der Waals surface area (Å²) in [6.45, 7) is 1.85. The topological polar surface area (TPSA) is 17.1 Å². The fraction of sp³-hybridized carbons (Fsp3) is 0.0714. The van der Waals surface area contributed by atoms with E-state index in [0.29, 0.717) is 0 Å². The zero-order valence-electron chi connectivity index (χ0n) is 8.60. The van der Waals surface area contributed by atoms with E-state index in [2.05, 4.69) is 0 Å². The van der Waals surface area contributed by atoms with E-state index in [4.69, 9.17) is 0 Å². The minimum Gasteiger partial charge on any atom is -0.289 e. The van der Waals surface area contributed by atoms with Crippen molar-refractivity contribution in [1.29, 1.82) is 0 Å². The Hall–Kier alpha value is -1.89. The summed E-state index contributed by atoms with van der Waals surface area (Å²) in [7, 11) is 0. The summed E-state index contributed by atoms with van der Waals surface area (Å²) in [6.07, 6.45) is 3.37. The van der Waals surface area contributed by atoms with Gasteiger partial charge in [-0.2, -0.15) is 0 Å². The van der Waals surface area contributed by atoms with Crippen molar-refractivity contribution in [2.45, 2.75) is 6.92 Å². The van der Waals surface area contributed by atoms with Crippen LogP contribution >= 0.6 is 0 Å². The largest absolute Gasteiger partial charge is 0.289 e. The minimum atomic E-state index is 0.0642. The number of fused-ring (bicyclic) bond motifs is 1.